The summed E-state index contributed by atoms with van der Waals surface area (Å²) in [6.45, 7) is 2.02. The lowest BCUT2D eigenvalue weighted by Gasteiger charge is -1.96. The zero-order valence-electron chi connectivity index (χ0n) is 11.0. The minimum absolute atomic E-state index is 0.0462. The number of amidine groups is 1. The average Bonchev–Trinajstić information content (AvgIpc) is 2.85. The van der Waals surface area contributed by atoms with Crippen LogP contribution in [0.25, 0.3) is 11.5 Å². The van der Waals surface area contributed by atoms with Crippen molar-refractivity contribution in [3.8, 4) is 11.5 Å². The van der Waals surface area contributed by atoms with E-state index in [1.165, 1.54) is 17.3 Å². The molecule has 0 atom stereocenters. The van der Waals surface area contributed by atoms with Gasteiger partial charge in [-0.05, 0) is 19.1 Å². The smallest absolute Gasteiger partial charge is 0.226 e. The summed E-state index contributed by atoms with van der Waals surface area (Å²) >= 11 is 1.18. The van der Waals surface area contributed by atoms with Gasteiger partial charge in [-0.2, -0.15) is 4.99 Å². The molecule has 0 fully saturated rings. The molecule has 1 aromatic heterocycles. The first-order chi connectivity index (χ1) is 9.54. The molecule has 5 N–H and O–H groups in total. The van der Waals surface area contributed by atoms with E-state index in [4.69, 9.17) is 21.3 Å². The number of nitrogens with one attached hydrogen (secondary N) is 1. The lowest BCUT2D eigenvalue weighted by atomic mass is 10.1. The van der Waals surface area contributed by atoms with Gasteiger partial charge in [0, 0.05) is 11.3 Å². The number of nitrogens with zero attached hydrogens (tertiary/aromatic N) is 2. The van der Waals surface area contributed by atoms with Crippen molar-refractivity contribution >= 4 is 22.9 Å². The zero-order valence-corrected chi connectivity index (χ0v) is 11.8. The molecule has 0 saturated heterocycles. The number of thioether (sulfide) groups is 1. The minimum atomic E-state index is -0.122. The van der Waals surface area contributed by atoms with Gasteiger partial charge in [0.25, 0.3) is 0 Å². The van der Waals surface area contributed by atoms with Crippen LogP contribution in [0, 0.1) is 12.3 Å². The van der Waals surface area contributed by atoms with Crippen LogP contribution < -0.4 is 11.5 Å². The van der Waals surface area contributed by atoms with Gasteiger partial charge < -0.3 is 15.9 Å². The molecule has 2 rings (SSSR count). The van der Waals surface area contributed by atoms with Crippen LogP contribution in [0.2, 0.25) is 0 Å². The number of rotatable bonds is 3. The first-order valence-corrected chi connectivity index (χ1v) is 6.85. The van der Waals surface area contributed by atoms with E-state index in [0.717, 1.165) is 11.3 Å². The lowest BCUT2D eigenvalue weighted by molar-refractivity contribution is 0.573. The van der Waals surface area contributed by atoms with Crippen molar-refractivity contribution in [3.05, 3.63) is 41.8 Å². The van der Waals surface area contributed by atoms with E-state index in [-0.39, 0.29) is 11.1 Å². The largest absolute Gasteiger partial charge is 0.444 e. The Bertz CT molecular complexity index is 628. The third-order valence-electron chi connectivity index (χ3n) is 2.44. The molecule has 0 aliphatic rings. The Labute approximate surface area is 120 Å². The highest BCUT2D eigenvalue weighted by atomic mass is 32.2. The molecular weight excluding hydrogens is 274 g/mol. The Morgan fingerprint density at radius 3 is 2.70 bits per heavy atom. The van der Waals surface area contributed by atoms with Gasteiger partial charge in [-0.25, -0.2) is 4.98 Å². The maximum absolute atomic E-state index is 7.52. The number of benzene rings is 1. The van der Waals surface area contributed by atoms with E-state index in [1.807, 2.05) is 31.2 Å². The molecule has 0 bridgehead atoms. The topological polar surface area (TPSA) is 114 Å². The van der Waals surface area contributed by atoms with Crippen LogP contribution in [0.15, 0.2) is 39.9 Å². The molecule has 0 amide bonds. The van der Waals surface area contributed by atoms with Gasteiger partial charge in [-0.15, -0.1) is 0 Å². The van der Waals surface area contributed by atoms with Gasteiger partial charge in [-0.3, -0.25) is 5.41 Å². The highest BCUT2D eigenvalue weighted by Gasteiger charge is 2.07. The number of nitrogens with two attached hydrogens (primary N) is 2. The van der Waals surface area contributed by atoms with Crippen molar-refractivity contribution in [2.45, 2.75) is 12.7 Å². The first-order valence-electron chi connectivity index (χ1n) is 5.87. The molecule has 7 heteroatoms. The highest BCUT2D eigenvalue weighted by Crippen LogP contribution is 2.21. The second-order valence-electron chi connectivity index (χ2n) is 4.14. The van der Waals surface area contributed by atoms with Crippen LogP contribution in [0.1, 0.15) is 11.3 Å². The molecular formula is C13H15N5OS. The number of guanidine groups is 1. The quantitative estimate of drug-likeness (QED) is 0.591. The molecule has 0 saturated carbocycles. The second-order valence-corrected chi connectivity index (χ2v) is 5.10. The van der Waals surface area contributed by atoms with Gasteiger partial charge >= 0.3 is 0 Å². The van der Waals surface area contributed by atoms with Gasteiger partial charge in [0.05, 0.1) is 5.69 Å². The van der Waals surface area contributed by atoms with Crippen LogP contribution in [-0.2, 0) is 5.75 Å². The number of aliphatic imine (C=N–C) groups is 1. The normalized spacial score (nSPS) is 10.2. The fourth-order valence-corrected chi connectivity index (χ4v) is 2.08. The molecule has 0 spiro atoms. The molecule has 0 unspecified atom stereocenters. The van der Waals surface area contributed by atoms with Crippen molar-refractivity contribution in [1.82, 2.24) is 4.98 Å². The Morgan fingerprint density at radius 2 is 2.05 bits per heavy atom. The monoisotopic (exact) mass is 289 g/mol. The molecule has 0 radical (unpaired) electrons. The molecule has 0 aliphatic carbocycles. The summed E-state index contributed by atoms with van der Waals surface area (Å²) in [6.07, 6.45) is 1.57. The second kappa shape index (κ2) is 6.25. The molecule has 1 aromatic carbocycles. The van der Waals surface area contributed by atoms with Crippen LogP contribution >= 0.6 is 11.8 Å². The Balaban J connectivity index is 2.01. The van der Waals surface area contributed by atoms with Crippen molar-refractivity contribution in [3.63, 3.8) is 0 Å². The van der Waals surface area contributed by atoms with Crippen molar-refractivity contribution in [1.29, 1.82) is 5.41 Å². The zero-order chi connectivity index (χ0) is 14.5. The molecule has 6 nitrogen and oxygen atoms in total. The molecule has 2 aromatic rings. The maximum atomic E-state index is 7.52. The molecule has 20 heavy (non-hydrogen) atoms. The summed E-state index contributed by atoms with van der Waals surface area (Å²) < 4.78 is 5.42. The fraction of sp³-hybridized carbons (Fsp3) is 0.154. The van der Waals surface area contributed by atoms with Crippen molar-refractivity contribution < 1.29 is 4.42 Å². The summed E-state index contributed by atoms with van der Waals surface area (Å²) in [5.74, 6) is 0.919. The molecule has 0 aliphatic heterocycles. The predicted octanol–water partition coefficient (Wildman–Crippen LogP) is 2.09. The maximum Gasteiger partial charge on any atom is 0.226 e. The van der Waals surface area contributed by atoms with Gasteiger partial charge in [0.15, 0.2) is 11.1 Å². The summed E-state index contributed by atoms with van der Waals surface area (Å²) in [4.78, 5) is 7.99. The van der Waals surface area contributed by atoms with E-state index in [9.17, 15) is 0 Å². The van der Waals surface area contributed by atoms with Crippen LogP contribution in [0.4, 0.5) is 0 Å². The van der Waals surface area contributed by atoms with Gasteiger partial charge in [-0.1, -0.05) is 29.5 Å². The van der Waals surface area contributed by atoms with E-state index < -0.39 is 0 Å². The SMILES string of the molecule is Cc1ccc(-c2nc(CSC(=N)N=C(N)N)co2)cc1. The first kappa shape index (κ1) is 14.1. The third kappa shape index (κ3) is 3.86. The highest BCUT2D eigenvalue weighted by molar-refractivity contribution is 8.13. The molecule has 1 heterocycles. The number of hydrogen-bond donors (Lipinski definition) is 3. The van der Waals surface area contributed by atoms with Crippen LogP contribution in [0.3, 0.4) is 0 Å². The minimum Gasteiger partial charge on any atom is -0.444 e. The Hall–Kier alpha value is -2.28. The number of hydrogen-bond acceptors (Lipinski definition) is 4. The van der Waals surface area contributed by atoms with Gasteiger partial charge in [0.1, 0.15) is 6.26 Å². The summed E-state index contributed by atoms with van der Waals surface area (Å²) in [6, 6.07) is 7.92. The Morgan fingerprint density at radius 1 is 1.35 bits per heavy atom. The van der Waals surface area contributed by atoms with E-state index in [1.54, 1.807) is 6.26 Å². The summed E-state index contributed by atoms with van der Waals surface area (Å²) in [5, 5.41) is 7.57. The van der Waals surface area contributed by atoms with Crippen molar-refractivity contribution in [2.75, 3.05) is 0 Å². The average molecular weight is 289 g/mol. The summed E-state index contributed by atoms with van der Waals surface area (Å²) in [7, 11) is 0. The predicted molar refractivity (Wildman–Crippen MR) is 81.5 cm³/mol. The van der Waals surface area contributed by atoms with Gasteiger partial charge in [0.2, 0.25) is 5.89 Å². The number of oxazole rings is 1. The molecule has 104 valence electrons. The summed E-state index contributed by atoms with van der Waals surface area (Å²) in [5.41, 5.74) is 13.2. The third-order valence-corrected chi connectivity index (χ3v) is 3.24. The number of aromatic nitrogens is 1. The lowest BCUT2D eigenvalue weighted by Crippen LogP contribution is -2.23. The van der Waals surface area contributed by atoms with Crippen LogP contribution in [0.5, 0.6) is 0 Å². The van der Waals surface area contributed by atoms with Crippen LogP contribution in [-0.4, -0.2) is 16.1 Å². The standard InChI is InChI=1S/C13H15N5OS/c1-8-2-4-9(5-3-8)11-17-10(6-19-11)7-20-13(16)18-12(14)15/h2-6H,7H2,1H3,(H5,14,15,16,18). The fourth-order valence-electron chi connectivity index (χ4n) is 1.49. The Kier molecular flexibility index (Phi) is 4.41. The van der Waals surface area contributed by atoms with E-state index in [0.29, 0.717) is 11.6 Å². The van der Waals surface area contributed by atoms with E-state index >= 15 is 0 Å². The van der Waals surface area contributed by atoms with E-state index in [2.05, 4.69) is 9.98 Å². The van der Waals surface area contributed by atoms with Crippen molar-refractivity contribution in [2.24, 2.45) is 16.5 Å². The number of aryl methyl sites for hydroxylation is 1.